The van der Waals surface area contributed by atoms with Gasteiger partial charge in [-0.1, -0.05) is 43.3 Å². The normalized spacial score (nSPS) is 14.2. The Labute approximate surface area is 159 Å². The quantitative estimate of drug-likeness (QED) is 0.433. The zero-order valence-electron chi connectivity index (χ0n) is 15.3. The van der Waals surface area contributed by atoms with E-state index >= 15 is 0 Å². The molecular formula is C23H17N3O2. The minimum atomic E-state index is -0.191. The maximum Gasteiger partial charge on any atom is 0.262 e. The summed E-state index contributed by atoms with van der Waals surface area (Å²) in [6.45, 7) is 2.41. The molecular weight excluding hydrogens is 350 g/mol. The van der Waals surface area contributed by atoms with Gasteiger partial charge in [-0.2, -0.15) is 0 Å². The summed E-state index contributed by atoms with van der Waals surface area (Å²) in [5.74, 6) is -0.382. The van der Waals surface area contributed by atoms with Gasteiger partial charge in [0.2, 0.25) is 0 Å². The molecule has 2 N–H and O–H groups in total. The first-order valence-electron chi connectivity index (χ1n) is 9.53. The minimum absolute atomic E-state index is 0.191. The molecule has 3 aromatic carbocycles. The molecule has 0 atom stereocenters. The second-order valence-electron chi connectivity index (χ2n) is 7.35. The zero-order valence-corrected chi connectivity index (χ0v) is 15.3. The Morgan fingerprint density at radius 1 is 0.750 bits per heavy atom. The highest BCUT2D eigenvalue weighted by molar-refractivity contribution is 6.39. The summed E-state index contributed by atoms with van der Waals surface area (Å²) in [6.07, 6.45) is 0.736. The molecule has 28 heavy (non-hydrogen) atoms. The van der Waals surface area contributed by atoms with Crippen molar-refractivity contribution in [2.75, 3.05) is 6.54 Å². The molecule has 0 radical (unpaired) electrons. The monoisotopic (exact) mass is 367 g/mol. The van der Waals surface area contributed by atoms with Crippen molar-refractivity contribution in [3.8, 4) is 0 Å². The van der Waals surface area contributed by atoms with Crippen LogP contribution in [0.2, 0.25) is 0 Å². The topological polar surface area (TPSA) is 69.0 Å². The highest BCUT2D eigenvalue weighted by Gasteiger charge is 2.40. The molecule has 0 aliphatic carbocycles. The average Bonchev–Trinajstić information content (AvgIpc) is 3.35. The van der Waals surface area contributed by atoms with Crippen LogP contribution in [0.1, 0.15) is 34.1 Å². The standard InChI is InChI=1S/C23H17N3O2/c1-2-11-26-22(27)18-16-12-7-3-5-9-14(12)24-20(16)21-17(19(18)23(26)28)13-8-4-6-10-15(13)25-21/h3-10,24-25H,2,11H2,1H3. The fraction of sp³-hybridized carbons (Fsp3) is 0.130. The van der Waals surface area contributed by atoms with Gasteiger partial charge in [-0.05, 0) is 18.6 Å². The van der Waals surface area contributed by atoms with Crippen LogP contribution in [0.15, 0.2) is 48.5 Å². The van der Waals surface area contributed by atoms with Crippen LogP contribution in [-0.4, -0.2) is 33.2 Å². The van der Waals surface area contributed by atoms with Crippen LogP contribution >= 0.6 is 0 Å². The van der Waals surface area contributed by atoms with E-state index in [2.05, 4.69) is 9.97 Å². The van der Waals surface area contributed by atoms with Crippen molar-refractivity contribution in [2.45, 2.75) is 13.3 Å². The Morgan fingerprint density at radius 3 is 1.68 bits per heavy atom. The lowest BCUT2D eigenvalue weighted by molar-refractivity contribution is 0.0655. The van der Waals surface area contributed by atoms with Crippen LogP contribution in [0.3, 0.4) is 0 Å². The zero-order chi connectivity index (χ0) is 19.0. The van der Waals surface area contributed by atoms with E-state index in [1.165, 1.54) is 4.90 Å². The number of H-pyrrole nitrogens is 2. The molecule has 5 nitrogen and oxygen atoms in total. The summed E-state index contributed by atoms with van der Waals surface area (Å²) >= 11 is 0. The second kappa shape index (κ2) is 5.23. The number of nitrogens with one attached hydrogen (secondary N) is 2. The van der Waals surface area contributed by atoms with Crippen LogP contribution in [0.4, 0.5) is 0 Å². The molecule has 3 heterocycles. The van der Waals surface area contributed by atoms with E-state index in [1.807, 2.05) is 55.5 Å². The molecule has 0 spiro atoms. The Morgan fingerprint density at radius 2 is 1.21 bits per heavy atom. The van der Waals surface area contributed by atoms with E-state index in [9.17, 15) is 9.59 Å². The molecule has 1 aliphatic heterocycles. The van der Waals surface area contributed by atoms with E-state index in [4.69, 9.17) is 0 Å². The summed E-state index contributed by atoms with van der Waals surface area (Å²) in [5, 5.41) is 3.60. The third-order valence-electron chi connectivity index (χ3n) is 5.78. The summed E-state index contributed by atoms with van der Waals surface area (Å²) < 4.78 is 0. The lowest BCUT2D eigenvalue weighted by Crippen LogP contribution is -2.30. The first kappa shape index (κ1) is 15.5. The van der Waals surface area contributed by atoms with Gasteiger partial charge in [0.15, 0.2) is 0 Å². The number of benzene rings is 3. The number of amides is 2. The van der Waals surface area contributed by atoms with Gasteiger partial charge < -0.3 is 9.97 Å². The van der Waals surface area contributed by atoms with Gasteiger partial charge >= 0.3 is 0 Å². The van der Waals surface area contributed by atoms with Crippen LogP contribution < -0.4 is 0 Å². The van der Waals surface area contributed by atoms with Crippen LogP contribution in [-0.2, 0) is 0 Å². The number of rotatable bonds is 2. The molecule has 2 aromatic heterocycles. The molecule has 6 rings (SSSR count). The summed E-state index contributed by atoms with van der Waals surface area (Å²) in [5.41, 5.74) is 4.74. The lowest BCUT2D eigenvalue weighted by Gasteiger charge is -2.11. The highest BCUT2D eigenvalue weighted by Crippen LogP contribution is 2.43. The molecule has 5 heteroatoms. The van der Waals surface area contributed by atoms with E-state index in [0.717, 1.165) is 50.0 Å². The lowest BCUT2D eigenvalue weighted by atomic mass is 9.97. The Kier molecular flexibility index (Phi) is 2.88. The molecule has 0 saturated heterocycles. The fourth-order valence-corrected chi connectivity index (χ4v) is 4.64. The number of hydrogen-bond donors (Lipinski definition) is 2. The Hall–Kier alpha value is -3.60. The van der Waals surface area contributed by atoms with Gasteiger partial charge in [-0.15, -0.1) is 0 Å². The number of aromatic nitrogens is 2. The fourth-order valence-electron chi connectivity index (χ4n) is 4.64. The van der Waals surface area contributed by atoms with Gasteiger partial charge in [0.25, 0.3) is 11.8 Å². The number of nitrogens with zero attached hydrogens (tertiary/aromatic N) is 1. The SMILES string of the molecule is CCCN1C(=O)c2c(c3c4ccccc4[nH]c3c3[nH]c4ccccc4c23)C1=O. The number of fused-ring (bicyclic) bond motifs is 10. The summed E-state index contributed by atoms with van der Waals surface area (Å²) in [4.78, 5) is 35.0. The largest absolute Gasteiger partial charge is 0.353 e. The highest BCUT2D eigenvalue weighted by atomic mass is 16.2. The van der Waals surface area contributed by atoms with Gasteiger partial charge in [-0.3, -0.25) is 14.5 Å². The van der Waals surface area contributed by atoms with Gasteiger partial charge in [0, 0.05) is 39.1 Å². The van der Waals surface area contributed by atoms with Crippen LogP contribution in [0.5, 0.6) is 0 Å². The smallest absolute Gasteiger partial charge is 0.262 e. The predicted molar refractivity (Wildman–Crippen MR) is 111 cm³/mol. The summed E-state index contributed by atoms with van der Waals surface area (Å²) in [7, 11) is 0. The summed E-state index contributed by atoms with van der Waals surface area (Å²) in [6, 6.07) is 15.9. The first-order valence-corrected chi connectivity index (χ1v) is 9.53. The average molecular weight is 367 g/mol. The number of carbonyl (C=O) groups is 2. The third kappa shape index (κ3) is 1.71. The second-order valence-corrected chi connectivity index (χ2v) is 7.35. The Balaban J connectivity index is 1.92. The number of hydrogen-bond acceptors (Lipinski definition) is 2. The van der Waals surface area contributed by atoms with Crippen molar-refractivity contribution in [3.05, 3.63) is 59.7 Å². The molecule has 0 saturated carbocycles. The molecule has 0 bridgehead atoms. The number of imide groups is 1. The van der Waals surface area contributed by atoms with E-state index in [0.29, 0.717) is 17.7 Å². The molecule has 0 unspecified atom stereocenters. The molecule has 136 valence electrons. The van der Waals surface area contributed by atoms with Crippen LogP contribution in [0.25, 0.3) is 43.6 Å². The van der Waals surface area contributed by atoms with Gasteiger partial charge in [-0.25, -0.2) is 0 Å². The van der Waals surface area contributed by atoms with Gasteiger partial charge in [0.1, 0.15) is 0 Å². The predicted octanol–water partition coefficient (Wildman–Crippen LogP) is 4.96. The number of aromatic amines is 2. The first-order chi connectivity index (χ1) is 13.7. The number of carbonyl (C=O) groups excluding carboxylic acids is 2. The van der Waals surface area contributed by atoms with E-state index in [-0.39, 0.29) is 11.8 Å². The van der Waals surface area contributed by atoms with Crippen molar-refractivity contribution in [1.29, 1.82) is 0 Å². The van der Waals surface area contributed by atoms with Crippen molar-refractivity contribution in [2.24, 2.45) is 0 Å². The number of para-hydroxylation sites is 2. The third-order valence-corrected chi connectivity index (χ3v) is 5.78. The molecule has 2 amide bonds. The van der Waals surface area contributed by atoms with E-state index < -0.39 is 0 Å². The Bertz CT molecular complexity index is 1360. The maximum absolute atomic E-state index is 13.3. The maximum atomic E-state index is 13.3. The minimum Gasteiger partial charge on any atom is -0.353 e. The van der Waals surface area contributed by atoms with Crippen molar-refractivity contribution in [3.63, 3.8) is 0 Å². The van der Waals surface area contributed by atoms with E-state index in [1.54, 1.807) is 0 Å². The van der Waals surface area contributed by atoms with Gasteiger partial charge in [0.05, 0.1) is 22.2 Å². The van der Waals surface area contributed by atoms with Crippen molar-refractivity contribution in [1.82, 2.24) is 14.9 Å². The van der Waals surface area contributed by atoms with Crippen LogP contribution in [0, 0.1) is 0 Å². The van der Waals surface area contributed by atoms with Crippen molar-refractivity contribution >= 4 is 55.4 Å². The molecule has 5 aromatic rings. The molecule has 1 aliphatic rings. The molecule has 0 fully saturated rings. The van der Waals surface area contributed by atoms with Crippen molar-refractivity contribution < 1.29 is 9.59 Å².